The van der Waals surface area contributed by atoms with Crippen LogP contribution >= 0.6 is 0 Å². The molecule has 1 aliphatic rings. The number of carbonyl (C=O) groups is 1. The van der Waals surface area contributed by atoms with Crippen LogP contribution in [0.15, 0.2) is 42.6 Å². The van der Waals surface area contributed by atoms with Gasteiger partial charge in [0.25, 0.3) is 0 Å². The van der Waals surface area contributed by atoms with E-state index < -0.39 is 0 Å². The fourth-order valence-electron chi connectivity index (χ4n) is 3.13. The fourth-order valence-corrected chi connectivity index (χ4v) is 3.13. The molecule has 110 valence electrons. The molecule has 1 unspecified atom stereocenters. The van der Waals surface area contributed by atoms with Gasteiger partial charge in [0.2, 0.25) is 5.91 Å². The number of aromatic nitrogens is 1. The van der Waals surface area contributed by atoms with Gasteiger partial charge in [-0.15, -0.1) is 0 Å². The summed E-state index contributed by atoms with van der Waals surface area (Å²) in [6, 6.07) is 12.2. The molecule has 1 atom stereocenters. The van der Waals surface area contributed by atoms with E-state index in [9.17, 15) is 4.79 Å². The Kier molecular flexibility index (Phi) is 4.06. The number of nitrogens with one attached hydrogen (secondary N) is 1. The van der Waals surface area contributed by atoms with Gasteiger partial charge in [0.1, 0.15) is 0 Å². The van der Waals surface area contributed by atoms with Crippen molar-refractivity contribution in [1.29, 1.82) is 0 Å². The van der Waals surface area contributed by atoms with Crippen LogP contribution in [-0.2, 0) is 17.8 Å². The number of aromatic amines is 1. The van der Waals surface area contributed by atoms with E-state index in [1.165, 1.54) is 0 Å². The fraction of sp³-hybridized carbons (Fsp3) is 0.353. The maximum atomic E-state index is 12.7. The SMILES string of the molecule is NCc1ccccc1CC(=O)N1CCCC1c1ccc[nH]1. The third-order valence-electron chi connectivity index (χ3n) is 4.23. The number of amides is 1. The van der Waals surface area contributed by atoms with Crippen molar-refractivity contribution in [3.8, 4) is 0 Å². The maximum Gasteiger partial charge on any atom is 0.227 e. The summed E-state index contributed by atoms with van der Waals surface area (Å²) in [7, 11) is 0. The second kappa shape index (κ2) is 6.14. The van der Waals surface area contributed by atoms with Gasteiger partial charge in [-0.25, -0.2) is 0 Å². The number of rotatable bonds is 4. The average Bonchev–Trinajstić information content (AvgIpc) is 3.18. The van der Waals surface area contributed by atoms with Crippen molar-refractivity contribution in [3.63, 3.8) is 0 Å². The Morgan fingerprint density at radius 2 is 2.05 bits per heavy atom. The zero-order valence-corrected chi connectivity index (χ0v) is 12.1. The molecule has 4 heteroatoms. The molecule has 0 radical (unpaired) electrons. The molecule has 2 heterocycles. The van der Waals surface area contributed by atoms with E-state index >= 15 is 0 Å². The molecule has 0 saturated carbocycles. The molecule has 3 rings (SSSR count). The summed E-state index contributed by atoms with van der Waals surface area (Å²) < 4.78 is 0. The number of hydrogen-bond donors (Lipinski definition) is 2. The molecule has 0 aliphatic carbocycles. The first kappa shape index (κ1) is 13.9. The smallest absolute Gasteiger partial charge is 0.227 e. The second-order valence-corrected chi connectivity index (χ2v) is 5.52. The third-order valence-corrected chi connectivity index (χ3v) is 4.23. The average molecular weight is 283 g/mol. The monoisotopic (exact) mass is 283 g/mol. The molecule has 4 nitrogen and oxygen atoms in total. The standard InChI is InChI=1S/C17H21N3O/c18-12-14-6-2-1-5-13(14)11-17(21)20-10-4-8-16(20)15-7-3-9-19-15/h1-3,5-7,9,16,19H,4,8,10-12,18H2. The first-order chi connectivity index (χ1) is 10.3. The summed E-state index contributed by atoms with van der Waals surface area (Å²) in [5.74, 6) is 0.188. The van der Waals surface area contributed by atoms with Crippen molar-refractivity contribution in [2.24, 2.45) is 5.73 Å². The van der Waals surface area contributed by atoms with Crippen molar-refractivity contribution >= 4 is 5.91 Å². The largest absolute Gasteiger partial charge is 0.363 e. The molecule has 1 fully saturated rings. The van der Waals surface area contributed by atoms with Crippen molar-refractivity contribution in [1.82, 2.24) is 9.88 Å². The number of H-pyrrole nitrogens is 1. The topological polar surface area (TPSA) is 62.1 Å². The Bertz CT molecular complexity index is 606. The second-order valence-electron chi connectivity index (χ2n) is 5.52. The highest BCUT2D eigenvalue weighted by Crippen LogP contribution is 2.31. The lowest BCUT2D eigenvalue weighted by Crippen LogP contribution is -2.32. The zero-order chi connectivity index (χ0) is 14.7. The number of likely N-dealkylation sites (tertiary alicyclic amines) is 1. The van der Waals surface area contributed by atoms with Gasteiger partial charge in [0.15, 0.2) is 0 Å². The molecule has 1 saturated heterocycles. The van der Waals surface area contributed by atoms with E-state index in [0.717, 1.165) is 36.2 Å². The Morgan fingerprint density at radius 3 is 2.76 bits per heavy atom. The quantitative estimate of drug-likeness (QED) is 0.905. The predicted octanol–water partition coefficient (Wildman–Crippen LogP) is 2.38. The van der Waals surface area contributed by atoms with E-state index in [4.69, 9.17) is 5.73 Å². The lowest BCUT2D eigenvalue weighted by atomic mass is 10.0. The number of nitrogens with zero attached hydrogens (tertiary/aromatic N) is 1. The molecule has 0 spiro atoms. The summed E-state index contributed by atoms with van der Waals surface area (Å²) in [6.07, 6.45) is 4.45. The van der Waals surface area contributed by atoms with Gasteiger partial charge >= 0.3 is 0 Å². The minimum atomic E-state index is 0.188. The van der Waals surface area contributed by atoms with Gasteiger partial charge in [0, 0.05) is 25.0 Å². The van der Waals surface area contributed by atoms with Gasteiger partial charge in [-0.1, -0.05) is 24.3 Å². The van der Waals surface area contributed by atoms with Gasteiger partial charge < -0.3 is 15.6 Å². The Balaban J connectivity index is 1.75. The summed E-state index contributed by atoms with van der Waals surface area (Å²) in [5, 5.41) is 0. The van der Waals surface area contributed by atoms with Crippen LogP contribution in [0.25, 0.3) is 0 Å². The lowest BCUT2D eigenvalue weighted by molar-refractivity contribution is -0.131. The first-order valence-corrected chi connectivity index (χ1v) is 7.49. The van der Waals surface area contributed by atoms with Crippen LogP contribution in [0, 0.1) is 0 Å². The summed E-state index contributed by atoms with van der Waals surface area (Å²) in [4.78, 5) is 17.9. The third kappa shape index (κ3) is 2.85. The molecular weight excluding hydrogens is 262 g/mol. The van der Waals surface area contributed by atoms with E-state index in [0.29, 0.717) is 13.0 Å². The van der Waals surface area contributed by atoms with Crippen LogP contribution in [0.1, 0.15) is 35.7 Å². The van der Waals surface area contributed by atoms with E-state index in [1.807, 2.05) is 41.4 Å². The minimum absolute atomic E-state index is 0.188. The number of carbonyl (C=O) groups excluding carboxylic acids is 1. The number of benzene rings is 1. The highest BCUT2D eigenvalue weighted by atomic mass is 16.2. The summed E-state index contributed by atoms with van der Waals surface area (Å²) in [5.41, 5.74) is 8.99. The van der Waals surface area contributed by atoms with Crippen molar-refractivity contribution in [3.05, 3.63) is 59.4 Å². The molecule has 1 aliphatic heterocycles. The summed E-state index contributed by atoms with van der Waals surface area (Å²) in [6.45, 7) is 1.32. The van der Waals surface area contributed by atoms with E-state index in [-0.39, 0.29) is 11.9 Å². The maximum absolute atomic E-state index is 12.7. The van der Waals surface area contributed by atoms with Gasteiger partial charge in [-0.3, -0.25) is 4.79 Å². The van der Waals surface area contributed by atoms with Gasteiger partial charge in [0.05, 0.1) is 12.5 Å². The Labute approximate surface area is 125 Å². The van der Waals surface area contributed by atoms with Crippen LogP contribution in [0.5, 0.6) is 0 Å². The molecule has 2 aromatic rings. The molecule has 21 heavy (non-hydrogen) atoms. The minimum Gasteiger partial charge on any atom is -0.363 e. The van der Waals surface area contributed by atoms with Gasteiger partial charge in [-0.2, -0.15) is 0 Å². The zero-order valence-electron chi connectivity index (χ0n) is 12.1. The molecule has 1 aromatic carbocycles. The van der Waals surface area contributed by atoms with E-state index in [1.54, 1.807) is 0 Å². The van der Waals surface area contributed by atoms with E-state index in [2.05, 4.69) is 11.1 Å². The number of nitrogens with two attached hydrogens (primary N) is 1. The summed E-state index contributed by atoms with van der Waals surface area (Å²) >= 11 is 0. The van der Waals surface area contributed by atoms with Crippen molar-refractivity contribution in [2.45, 2.75) is 31.8 Å². The van der Waals surface area contributed by atoms with Crippen molar-refractivity contribution in [2.75, 3.05) is 6.54 Å². The van der Waals surface area contributed by atoms with Crippen LogP contribution < -0.4 is 5.73 Å². The molecule has 3 N–H and O–H groups in total. The molecule has 1 amide bonds. The van der Waals surface area contributed by atoms with Crippen molar-refractivity contribution < 1.29 is 4.79 Å². The number of hydrogen-bond acceptors (Lipinski definition) is 2. The molecule has 1 aromatic heterocycles. The first-order valence-electron chi connectivity index (χ1n) is 7.49. The van der Waals surface area contributed by atoms with Crippen LogP contribution in [0.4, 0.5) is 0 Å². The highest BCUT2D eigenvalue weighted by molar-refractivity contribution is 5.79. The van der Waals surface area contributed by atoms with Crippen LogP contribution in [-0.4, -0.2) is 22.3 Å². The molecular formula is C17H21N3O. The Hall–Kier alpha value is -2.07. The van der Waals surface area contributed by atoms with Crippen LogP contribution in [0.2, 0.25) is 0 Å². The lowest BCUT2D eigenvalue weighted by Gasteiger charge is -2.24. The highest BCUT2D eigenvalue weighted by Gasteiger charge is 2.30. The molecule has 0 bridgehead atoms. The normalized spacial score (nSPS) is 18.1. The Morgan fingerprint density at radius 1 is 1.24 bits per heavy atom. The predicted molar refractivity (Wildman–Crippen MR) is 82.5 cm³/mol. The van der Waals surface area contributed by atoms with Crippen LogP contribution in [0.3, 0.4) is 0 Å². The van der Waals surface area contributed by atoms with Gasteiger partial charge in [-0.05, 0) is 36.1 Å².